The van der Waals surface area contributed by atoms with Crippen molar-refractivity contribution >= 4 is 15.9 Å². The number of nitrogens with one attached hydrogen (secondary N) is 1. The first-order valence-corrected chi connectivity index (χ1v) is 8.77. The first-order chi connectivity index (χ1) is 11.4. The van der Waals surface area contributed by atoms with Gasteiger partial charge in [0.1, 0.15) is 16.8 Å². The summed E-state index contributed by atoms with van der Waals surface area (Å²) in [6, 6.07) is 8.90. The van der Waals surface area contributed by atoms with E-state index in [1.807, 2.05) is 0 Å². The minimum absolute atomic E-state index is 0.0983. The fourth-order valence-electron chi connectivity index (χ4n) is 2.11. The largest absolute Gasteiger partial charge is 0.497 e. The lowest BCUT2D eigenvalue weighted by atomic mass is 10.3. The van der Waals surface area contributed by atoms with Gasteiger partial charge in [0, 0.05) is 20.6 Å². The first kappa shape index (κ1) is 17.9. The minimum atomic E-state index is -3.75. The molecule has 2 rings (SSSR count). The number of carbonyl (C=O) groups excluding carboxylic acids is 1. The Hall–Kier alpha value is -2.48. The zero-order valence-electron chi connectivity index (χ0n) is 13.7. The molecule has 1 N–H and O–H groups in total. The maximum Gasteiger partial charge on any atom is 0.316 e. The van der Waals surface area contributed by atoms with Crippen LogP contribution in [0, 0.1) is 0 Å². The molecule has 1 aromatic heterocycles. The van der Waals surface area contributed by atoms with Gasteiger partial charge in [-0.15, -0.1) is 0 Å². The smallest absolute Gasteiger partial charge is 0.316 e. The van der Waals surface area contributed by atoms with Gasteiger partial charge in [-0.1, -0.05) is 0 Å². The van der Waals surface area contributed by atoms with Gasteiger partial charge in [0.05, 0.1) is 18.3 Å². The number of nitrogens with zero attached hydrogens (tertiary/aromatic N) is 1. The fraction of sp³-hybridized carbons (Fsp3) is 0.312. The van der Waals surface area contributed by atoms with E-state index in [4.69, 9.17) is 9.15 Å². The topological polar surface area (TPSA) is 88.8 Å². The van der Waals surface area contributed by atoms with Crippen LogP contribution < -0.4 is 10.1 Å². The third kappa shape index (κ3) is 3.88. The van der Waals surface area contributed by atoms with Crippen molar-refractivity contribution < 1.29 is 22.4 Å². The summed E-state index contributed by atoms with van der Waals surface area (Å²) in [5.74, 6) is 0.828. The van der Waals surface area contributed by atoms with Gasteiger partial charge in [-0.3, -0.25) is 0 Å². The SMILES string of the molecule is COc1ccc(S(=O)(=O)C(CNC(=O)N(C)C)c2ccco2)cc1. The molecule has 0 saturated carbocycles. The van der Waals surface area contributed by atoms with Crippen LogP contribution in [0.3, 0.4) is 0 Å². The Bertz CT molecular complexity index is 767. The molecule has 1 atom stereocenters. The monoisotopic (exact) mass is 352 g/mol. The molecule has 8 heteroatoms. The van der Waals surface area contributed by atoms with Crippen molar-refractivity contribution in [3.63, 3.8) is 0 Å². The maximum atomic E-state index is 12.9. The van der Waals surface area contributed by atoms with E-state index in [2.05, 4.69) is 5.32 Å². The van der Waals surface area contributed by atoms with Crippen LogP contribution in [0.15, 0.2) is 52.0 Å². The number of hydrogen-bond donors (Lipinski definition) is 1. The molecule has 130 valence electrons. The first-order valence-electron chi connectivity index (χ1n) is 7.22. The van der Waals surface area contributed by atoms with Gasteiger partial charge >= 0.3 is 6.03 Å². The summed E-state index contributed by atoms with van der Waals surface area (Å²) in [4.78, 5) is 13.2. The molecule has 0 aliphatic carbocycles. The highest BCUT2D eigenvalue weighted by atomic mass is 32.2. The molecule has 2 aromatic rings. The summed E-state index contributed by atoms with van der Waals surface area (Å²) in [6.07, 6.45) is 1.40. The number of urea groups is 1. The lowest BCUT2D eigenvalue weighted by Gasteiger charge is -2.18. The summed E-state index contributed by atoms with van der Waals surface area (Å²) in [7, 11) is 0.910. The van der Waals surface area contributed by atoms with E-state index in [-0.39, 0.29) is 23.2 Å². The number of sulfone groups is 1. The van der Waals surface area contributed by atoms with Crippen LogP contribution in [0.5, 0.6) is 5.75 Å². The average Bonchev–Trinajstić information content (AvgIpc) is 3.08. The Balaban J connectivity index is 2.32. The Labute approximate surface area is 141 Å². The van der Waals surface area contributed by atoms with Crippen LogP contribution in [0.4, 0.5) is 4.79 Å². The van der Waals surface area contributed by atoms with Crippen molar-refractivity contribution in [3.05, 3.63) is 48.4 Å². The van der Waals surface area contributed by atoms with E-state index in [1.54, 1.807) is 38.4 Å². The quantitative estimate of drug-likeness (QED) is 0.860. The highest BCUT2D eigenvalue weighted by Crippen LogP contribution is 2.29. The summed E-state index contributed by atoms with van der Waals surface area (Å²) in [5.41, 5.74) is 0. The van der Waals surface area contributed by atoms with Crippen molar-refractivity contribution in [3.8, 4) is 5.75 Å². The fourth-order valence-corrected chi connectivity index (χ4v) is 3.69. The molecular weight excluding hydrogens is 332 g/mol. The second kappa shape index (κ2) is 7.39. The number of hydrogen-bond acceptors (Lipinski definition) is 5. The zero-order valence-corrected chi connectivity index (χ0v) is 14.5. The van der Waals surface area contributed by atoms with E-state index in [1.165, 1.54) is 30.4 Å². The van der Waals surface area contributed by atoms with Gasteiger partial charge in [0.15, 0.2) is 9.84 Å². The van der Waals surface area contributed by atoms with E-state index in [0.717, 1.165) is 0 Å². The van der Waals surface area contributed by atoms with Crippen LogP contribution in [-0.2, 0) is 9.84 Å². The molecule has 7 nitrogen and oxygen atoms in total. The molecule has 1 heterocycles. The van der Waals surface area contributed by atoms with E-state index in [9.17, 15) is 13.2 Å². The maximum absolute atomic E-state index is 12.9. The lowest BCUT2D eigenvalue weighted by Crippen LogP contribution is -2.38. The molecular formula is C16H20N2O5S. The van der Waals surface area contributed by atoms with Gasteiger partial charge in [-0.05, 0) is 36.4 Å². The molecule has 0 bridgehead atoms. The molecule has 24 heavy (non-hydrogen) atoms. The number of ether oxygens (including phenoxy) is 1. The molecule has 0 aliphatic rings. The summed E-state index contributed by atoms with van der Waals surface area (Å²) >= 11 is 0. The van der Waals surface area contributed by atoms with Crippen molar-refractivity contribution in [1.82, 2.24) is 10.2 Å². The molecule has 1 aromatic carbocycles. The molecule has 0 spiro atoms. The lowest BCUT2D eigenvalue weighted by molar-refractivity contribution is 0.217. The van der Waals surface area contributed by atoms with Crippen LogP contribution in [0.2, 0.25) is 0 Å². The third-order valence-corrected chi connectivity index (χ3v) is 5.55. The minimum Gasteiger partial charge on any atom is -0.497 e. The Kier molecular flexibility index (Phi) is 5.50. The summed E-state index contributed by atoms with van der Waals surface area (Å²) in [5, 5.41) is 1.57. The van der Waals surface area contributed by atoms with Crippen LogP contribution >= 0.6 is 0 Å². The van der Waals surface area contributed by atoms with Gasteiger partial charge in [0.25, 0.3) is 0 Å². The number of rotatable bonds is 6. The average molecular weight is 352 g/mol. The number of benzene rings is 1. The van der Waals surface area contributed by atoms with E-state index in [0.29, 0.717) is 5.75 Å². The van der Waals surface area contributed by atoms with Gasteiger partial charge in [0.2, 0.25) is 0 Å². The summed E-state index contributed by atoms with van der Waals surface area (Å²) in [6.45, 7) is -0.0983. The van der Waals surface area contributed by atoms with Crippen molar-refractivity contribution in [2.24, 2.45) is 0 Å². The van der Waals surface area contributed by atoms with Crippen LogP contribution in [-0.4, -0.2) is 47.1 Å². The van der Waals surface area contributed by atoms with Crippen LogP contribution in [0.25, 0.3) is 0 Å². The molecule has 0 radical (unpaired) electrons. The number of carbonyl (C=O) groups is 1. The molecule has 0 saturated heterocycles. The van der Waals surface area contributed by atoms with E-state index < -0.39 is 15.1 Å². The summed E-state index contributed by atoms with van der Waals surface area (Å²) < 4.78 is 36.2. The third-order valence-electron chi connectivity index (χ3n) is 3.47. The highest BCUT2D eigenvalue weighted by molar-refractivity contribution is 7.91. The Morgan fingerprint density at radius 3 is 2.42 bits per heavy atom. The van der Waals surface area contributed by atoms with Gasteiger partial charge < -0.3 is 19.4 Å². The number of furan rings is 1. The van der Waals surface area contributed by atoms with E-state index >= 15 is 0 Å². The number of methoxy groups -OCH3 is 1. The molecule has 2 amide bonds. The highest BCUT2D eigenvalue weighted by Gasteiger charge is 2.32. The second-order valence-corrected chi connectivity index (χ2v) is 7.44. The van der Waals surface area contributed by atoms with Crippen molar-refractivity contribution in [2.75, 3.05) is 27.7 Å². The molecule has 0 aliphatic heterocycles. The van der Waals surface area contributed by atoms with Crippen molar-refractivity contribution in [2.45, 2.75) is 10.1 Å². The van der Waals surface area contributed by atoms with Gasteiger partial charge in [-0.25, -0.2) is 13.2 Å². The molecule has 0 fully saturated rings. The van der Waals surface area contributed by atoms with Gasteiger partial charge in [-0.2, -0.15) is 0 Å². The predicted octanol–water partition coefficient (Wildman–Crippen LogP) is 2.07. The predicted molar refractivity (Wildman–Crippen MR) is 88.7 cm³/mol. The second-order valence-electron chi connectivity index (χ2n) is 5.31. The Morgan fingerprint density at radius 1 is 1.25 bits per heavy atom. The zero-order chi connectivity index (χ0) is 17.7. The van der Waals surface area contributed by atoms with Crippen molar-refractivity contribution in [1.29, 1.82) is 0 Å². The number of amides is 2. The normalized spacial score (nSPS) is 12.5. The molecule has 1 unspecified atom stereocenters. The van der Waals surface area contributed by atoms with Crippen LogP contribution in [0.1, 0.15) is 11.0 Å². The Morgan fingerprint density at radius 2 is 1.92 bits per heavy atom. The standard InChI is InChI=1S/C16H20N2O5S/c1-18(2)16(19)17-11-15(14-5-4-10-23-14)24(20,21)13-8-6-12(22-3)7-9-13/h4-10,15H,11H2,1-3H3,(H,17,19).